The number of fused-ring (bicyclic) bond motifs is 1. The molecule has 0 bridgehead atoms. The summed E-state index contributed by atoms with van der Waals surface area (Å²) in [5, 5.41) is 3.27. The van der Waals surface area contributed by atoms with Crippen LogP contribution in [-0.4, -0.2) is 32.9 Å². The Bertz CT molecular complexity index is 1180. The predicted octanol–water partition coefficient (Wildman–Crippen LogP) is 4.94. The van der Waals surface area contributed by atoms with Crippen molar-refractivity contribution in [2.75, 3.05) is 0 Å². The average Bonchev–Trinajstić information content (AvgIpc) is 3.47. The van der Waals surface area contributed by atoms with Crippen molar-refractivity contribution in [1.82, 2.24) is 14.8 Å². The van der Waals surface area contributed by atoms with Crippen LogP contribution < -0.4 is 5.32 Å². The van der Waals surface area contributed by atoms with Gasteiger partial charge in [-0.15, -0.1) is 0 Å². The maximum absolute atomic E-state index is 13.8. The number of nitrogens with one attached hydrogen (secondary N) is 1. The lowest BCUT2D eigenvalue weighted by Crippen LogP contribution is -2.64. The molecule has 2 aromatic carbocycles. The highest BCUT2D eigenvalue weighted by Crippen LogP contribution is 2.34. The summed E-state index contributed by atoms with van der Waals surface area (Å²) in [5.74, 6) is -0.164. The largest absolute Gasteiger partial charge is 0.351 e. The third kappa shape index (κ3) is 3.97. The monoisotopic (exact) mass is 441 g/mol. The fraction of sp³-hybridized carbons (Fsp3) is 0.357. The number of hydrogen-bond donors (Lipinski definition) is 1. The molecule has 5 heteroatoms. The molecule has 1 atom stereocenters. The summed E-state index contributed by atoms with van der Waals surface area (Å²) < 4.78 is 2.03. The second-order valence-corrected chi connectivity index (χ2v) is 9.67. The molecule has 1 aromatic heterocycles. The lowest BCUT2D eigenvalue weighted by molar-refractivity contribution is -0.133. The molecule has 2 amide bonds. The maximum Gasteiger partial charge on any atom is 0.271 e. The summed E-state index contributed by atoms with van der Waals surface area (Å²) in [6.45, 7) is 4.80. The van der Waals surface area contributed by atoms with Gasteiger partial charge in [-0.1, -0.05) is 73.0 Å². The van der Waals surface area contributed by atoms with Crippen LogP contribution in [0.25, 0.3) is 11.3 Å². The van der Waals surface area contributed by atoms with E-state index in [-0.39, 0.29) is 17.9 Å². The van der Waals surface area contributed by atoms with Gasteiger partial charge in [-0.2, -0.15) is 0 Å². The molecule has 5 nitrogen and oxygen atoms in total. The Morgan fingerprint density at radius 2 is 1.73 bits per heavy atom. The zero-order valence-corrected chi connectivity index (χ0v) is 19.4. The number of aromatic nitrogens is 1. The highest BCUT2D eigenvalue weighted by Gasteiger charge is 2.48. The Balaban J connectivity index is 1.55. The van der Waals surface area contributed by atoms with E-state index in [0.717, 1.165) is 48.1 Å². The van der Waals surface area contributed by atoms with E-state index < -0.39 is 5.54 Å². The number of aryl methyl sites for hydroxylation is 1. The van der Waals surface area contributed by atoms with Gasteiger partial charge < -0.3 is 14.8 Å². The number of carbonyl (C=O) groups excluding carboxylic acids is 2. The summed E-state index contributed by atoms with van der Waals surface area (Å²) in [6.07, 6.45) is 4.32. The minimum atomic E-state index is -0.987. The van der Waals surface area contributed by atoms with Crippen molar-refractivity contribution in [3.05, 3.63) is 83.6 Å². The number of hydrogen-bond acceptors (Lipinski definition) is 2. The highest BCUT2D eigenvalue weighted by molar-refractivity contribution is 6.00. The van der Waals surface area contributed by atoms with E-state index in [1.54, 1.807) is 4.90 Å². The SMILES string of the molecule is Cc1cccc(CN2C(=O)c3ccc(-c4ccccc4)n3CC2(C)C(=O)NC2CCCC2)c1. The molecule has 1 aliphatic heterocycles. The zero-order chi connectivity index (χ0) is 23.0. The number of benzene rings is 2. The Hall–Kier alpha value is -3.34. The van der Waals surface area contributed by atoms with Gasteiger partial charge in [0.15, 0.2) is 0 Å². The van der Waals surface area contributed by atoms with Gasteiger partial charge in [-0.3, -0.25) is 9.59 Å². The summed E-state index contributed by atoms with van der Waals surface area (Å²) >= 11 is 0. The highest BCUT2D eigenvalue weighted by atomic mass is 16.2. The van der Waals surface area contributed by atoms with Gasteiger partial charge in [0.2, 0.25) is 5.91 Å². The summed E-state index contributed by atoms with van der Waals surface area (Å²) in [4.78, 5) is 29.4. The number of nitrogens with zero attached hydrogens (tertiary/aromatic N) is 2. The van der Waals surface area contributed by atoms with Crippen molar-refractivity contribution in [1.29, 1.82) is 0 Å². The first-order valence-corrected chi connectivity index (χ1v) is 11.9. The Morgan fingerprint density at radius 3 is 2.45 bits per heavy atom. The van der Waals surface area contributed by atoms with Crippen LogP contribution in [0.5, 0.6) is 0 Å². The molecular formula is C28H31N3O2. The van der Waals surface area contributed by atoms with Crippen LogP contribution in [0.4, 0.5) is 0 Å². The third-order valence-corrected chi connectivity index (χ3v) is 7.18. The Labute approximate surface area is 195 Å². The lowest BCUT2D eigenvalue weighted by atomic mass is 9.93. The Kier molecular flexibility index (Phi) is 5.57. The maximum atomic E-state index is 13.8. The van der Waals surface area contributed by atoms with Crippen molar-refractivity contribution in [2.24, 2.45) is 0 Å². The van der Waals surface area contributed by atoms with Gasteiger partial charge in [0.25, 0.3) is 5.91 Å². The van der Waals surface area contributed by atoms with Gasteiger partial charge in [0, 0.05) is 18.3 Å². The average molecular weight is 442 g/mol. The van der Waals surface area contributed by atoms with Crippen LogP contribution >= 0.6 is 0 Å². The molecule has 2 aliphatic rings. The first-order chi connectivity index (χ1) is 16.0. The molecule has 0 radical (unpaired) electrons. The van der Waals surface area contributed by atoms with E-state index in [9.17, 15) is 9.59 Å². The van der Waals surface area contributed by atoms with E-state index in [1.807, 2.05) is 79.1 Å². The summed E-state index contributed by atoms with van der Waals surface area (Å²) in [7, 11) is 0. The quantitative estimate of drug-likeness (QED) is 0.610. The molecule has 1 N–H and O–H groups in total. The normalized spacial score (nSPS) is 20.7. The third-order valence-electron chi connectivity index (χ3n) is 7.18. The molecule has 2 heterocycles. The van der Waals surface area contributed by atoms with Gasteiger partial charge in [0.1, 0.15) is 11.2 Å². The zero-order valence-electron chi connectivity index (χ0n) is 19.4. The van der Waals surface area contributed by atoms with Crippen LogP contribution in [0.1, 0.15) is 54.2 Å². The van der Waals surface area contributed by atoms with Crippen molar-refractivity contribution >= 4 is 11.8 Å². The second kappa shape index (κ2) is 8.54. The lowest BCUT2D eigenvalue weighted by Gasteiger charge is -2.45. The predicted molar refractivity (Wildman–Crippen MR) is 130 cm³/mol. The molecule has 1 saturated carbocycles. The molecule has 1 fully saturated rings. The first kappa shape index (κ1) is 21.5. The Morgan fingerprint density at radius 1 is 1.00 bits per heavy atom. The smallest absolute Gasteiger partial charge is 0.271 e. The molecular weight excluding hydrogens is 410 g/mol. The summed E-state index contributed by atoms with van der Waals surface area (Å²) in [6, 6.07) is 22.3. The molecule has 0 saturated heterocycles. The van der Waals surface area contributed by atoms with Gasteiger partial charge in [0.05, 0.1) is 6.54 Å². The van der Waals surface area contributed by atoms with Crippen molar-refractivity contribution in [3.8, 4) is 11.3 Å². The first-order valence-electron chi connectivity index (χ1n) is 11.9. The van der Waals surface area contributed by atoms with Crippen LogP contribution in [0, 0.1) is 6.92 Å². The van der Waals surface area contributed by atoms with Crippen LogP contribution in [0.2, 0.25) is 0 Å². The molecule has 3 aromatic rings. The van der Waals surface area contributed by atoms with E-state index in [0.29, 0.717) is 18.8 Å². The van der Waals surface area contributed by atoms with Crippen molar-refractivity contribution in [2.45, 2.75) is 64.2 Å². The van der Waals surface area contributed by atoms with Crippen LogP contribution in [0.15, 0.2) is 66.7 Å². The fourth-order valence-electron chi connectivity index (χ4n) is 5.29. The molecule has 170 valence electrons. The minimum absolute atomic E-state index is 0.0613. The van der Waals surface area contributed by atoms with E-state index in [1.165, 1.54) is 0 Å². The second-order valence-electron chi connectivity index (χ2n) is 9.67. The van der Waals surface area contributed by atoms with E-state index in [2.05, 4.69) is 11.4 Å². The number of rotatable bonds is 5. The molecule has 5 rings (SSSR count). The van der Waals surface area contributed by atoms with Crippen LogP contribution in [0.3, 0.4) is 0 Å². The minimum Gasteiger partial charge on any atom is -0.351 e. The molecule has 0 spiro atoms. The van der Waals surface area contributed by atoms with Crippen LogP contribution in [-0.2, 0) is 17.9 Å². The van der Waals surface area contributed by atoms with Crippen molar-refractivity contribution < 1.29 is 9.59 Å². The standard InChI is InChI=1S/C28H31N3O2/c1-20-9-8-10-21(17-20)18-31-26(32)25-16-15-24(22-11-4-3-5-12-22)30(25)19-28(31,2)27(33)29-23-13-6-7-14-23/h3-5,8-12,15-17,23H,6-7,13-14,18-19H2,1-2H3,(H,29,33). The topological polar surface area (TPSA) is 54.3 Å². The van der Waals surface area contributed by atoms with Gasteiger partial charge in [-0.05, 0) is 49.9 Å². The molecule has 1 unspecified atom stereocenters. The van der Waals surface area contributed by atoms with Crippen molar-refractivity contribution in [3.63, 3.8) is 0 Å². The molecule has 33 heavy (non-hydrogen) atoms. The summed E-state index contributed by atoms with van der Waals surface area (Å²) in [5.41, 5.74) is 3.83. The van der Waals surface area contributed by atoms with E-state index >= 15 is 0 Å². The number of carbonyl (C=O) groups is 2. The van der Waals surface area contributed by atoms with E-state index in [4.69, 9.17) is 0 Å². The van der Waals surface area contributed by atoms with Gasteiger partial charge in [-0.25, -0.2) is 0 Å². The number of amides is 2. The molecule has 1 aliphatic carbocycles. The van der Waals surface area contributed by atoms with Gasteiger partial charge >= 0.3 is 0 Å². The fourth-order valence-corrected chi connectivity index (χ4v) is 5.29.